The van der Waals surface area contributed by atoms with Crippen molar-refractivity contribution in [2.75, 3.05) is 19.8 Å². The maximum atomic E-state index is 11.6. The van der Waals surface area contributed by atoms with Crippen LogP contribution < -0.4 is 0 Å². The highest BCUT2D eigenvalue weighted by Gasteiger charge is 2.35. The Morgan fingerprint density at radius 3 is 2.16 bits per heavy atom. The molecule has 0 bridgehead atoms. The van der Waals surface area contributed by atoms with E-state index in [1.807, 2.05) is 13.8 Å². The fourth-order valence-corrected chi connectivity index (χ4v) is 2.21. The molecule has 0 aromatic heterocycles. The van der Waals surface area contributed by atoms with Crippen LogP contribution in [-0.2, 0) is 19.1 Å². The van der Waals surface area contributed by atoms with Gasteiger partial charge in [-0.05, 0) is 31.9 Å². The van der Waals surface area contributed by atoms with Crippen molar-refractivity contribution in [3.63, 3.8) is 0 Å². The molecule has 1 heterocycles. The van der Waals surface area contributed by atoms with E-state index >= 15 is 0 Å². The second-order valence-electron chi connectivity index (χ2n) is 4.37. The highest BCUT2D eigenvalue weighted by molar-refractivity contribution is 9.14. The number of amides is 2. The van der Waals surface area contributed by atoms with Crippen LogP contribution in [0.1, 0.15) is 20.3 Å². The van der Waals surface area contributed by atoms with Gasteiger partial charge < -0.3 is 4.74 Å². The Kier molecular flexibility index (Phi) is 6.35. The standard InChI is InChI=1S/C12H15Br2NO4/c1-7(2)8(16)3-5-19-6-4-15-11(17)9(13)10(14)12(15)18/h7H,3-6H2,1-2H3. The number of imide groups is 1. The Morgan fingerprint density at radius 2 is 1.68 bits per heavy atom. The van der Waals surface area contributed by atoms with E-state index in [9.17, 15) is 14.4 Å². The lowest BCUT2D eigenvalue weighted by Crippen LogP contribution is -2.34. The van der Waals surface area contributed by atoms with Gasteiger partial charge in [-0.25, -0.2) is 0 Å². The van der Waals surface area contributed by atoms with E-state index in [-0.39, 0.29) is 45.6 Å². The quantitative estimate of drug-likeness (QED) is 0.487. The number of hydrogen-bond donors (Lipinski definition) is 0. The molecule has 0 aromatic carbocycles. The van der Waals surface area contributed by atoms with Crippen molar-refractivity contribution in [2.45, 2.75) is 20.3 Å². The molecule has 7 heteroatoms. The van der Waals surface area contributed by atoms with Crippen molar-refractivity contribution in [3.8, 4) is 0 Å². The van der Waals surface area contributed by atoms with Crippen LogP contribution in [0.2, 0.25) is 0 Å². The summed E-state index contributed by atoms with van der Waals surface area (Å²) in [5.74, 6) is -0.612. The number of nitrogens with zero attached hydrogens (tertiary/aromatic N) is 1. The summed E-state index contributed by atoms with van der Waals surface area (Å²) >= 11 is 6.09. The summed E-state index contributed by atoms with van der Waals surface area (Å²) in [5.41, 5.74) is 0. The molecule has 0 aliphatic carbocycles. The molecule has 0 N–H and O–H groups in total. The van der Waals surface area contributed by atoms with Crippen LogP contribution in [0, 0.1) is 5.92 Å². The Morgan fingerprint density at radius 1 is 1.16 bits per heavy atom. The molecule has 0 radical (unpaired) electrons. The molecule has 1 rings (SSSR count). The van der Waals surface area contributed by atoms with Gasteiger partial charge in [-0.15, -0.1) is 0 Å². The zero-order valence-electron chi connectivity index (χ0n) is 10.7. The number of carbonyl (C=O) groups is 3. The van der Waals surface area contributed by atoms with Crippen LogP contribution >= 0.6 is 31.9 Å². The lowest BCUT2D eigenvalue weighted by atomic mass is 10.1. The molecule has 0 aromatic rings. The summed E-state index contributed by atoms with van der Waals surface area (Å²) in [4.78, 5) is 35.7. The van der Waals surface area contributed by atoms with E-state index < -0.39 is 0 Å². The second-order valence-corrected chi connectivity index (χ2v) is 5.96. The maximum absolute atomic E-state index is 11.6. The number of ether oxygens (including phenoxy) is 1. The second kappa shape index (κ2) is 7.31. The van der Waals surface area contributed by atoms with E-state index in [0.29, 0.717) is 13.0 Å². The first-order valence-electron chi connectivity index (χ1n) is 5.88. The minimum absolute atomic E-state index is 0.00134. The third kappa shape index (κ3) is 4.22. The zero-order chi connectivity index (χ0) is 14.6. The molecule has 0 unspecified atom stereocenters. The van der Waals surface area contributed by atoms with Gasteiger partial charge in [0.05, 0.1) is 19.8 Å². The van der Waals surface area contributed by atoms with Crippen molar-refractivity contribution in [1.82, 2.24) is 4.90 Å². The number of Topliss-reactive ketones (excluding diaryl/α,β-unsaturated/α-hetero) is 1. The van der Waals surface area contributed by atoms with Gasteiger partial charge in [0.1, 0.15) is 14.7 Å². The van der Waals surface area contributed by atoms with Gasteiger partial charge in [0.15, 0.2) is 0 Å². The molecule has 0 atom stereocenters. The molecule has 0 saturated carbocycles. The fourth-order valence-electron chi connectivity index (χ4n) is 1.44. The van der Waals surface area contributed by atoms with Crippen molar-refractivity contribution in [2.24, 2.45) is 5.92 Å². The Bertz CT molecular complexity index is 407. The van der Waals surface area contributed by atoms with Crippen molar-refractivity contribution >= 4 is 49.5 Å². The SMILES string of the molecule is CC(C)C(=O)CCOCCN1C(=O)C(Br)=C(Br)C1=O. The summed E-state index contributed by atoms with van der Waals surface area (Å²) in [5, 5.41) is 0. The van der Waals surface area contributed by atoms with Gasteiger partial charge in [-0.3, -0.25) is 19.3 Å². The summed E-state index contributed by atoms with van der Waals surface area (Å²) in [6.45, 7) is 4.39. The first kappa shape index (κ1) is 16.5. The number of ketones is 1. The topological polar surface area (TPSA) is 63.7 Å². The van der Waals surface area contributed by atoms with E-state index in [2.05, 4.69) is 31.9 Å². The van der Waals surface area contributed by atoms with Crippen LogP contribution in [-0.4, -0.2) is 42.3 Å². The minimum Gasteiger partial charge on any atom is -0.379 e. The first-order chi connectivity index (χ1) is 8.86. The molecular formula is C12H15Br2NO4. The van der Waals surface area contributed by atoms with Crippen molar-refractivity contribution in [3.05, 3.63) is 8.96 Å². The first-order valence-corrected chi connectivity index (χ1v) is 7.46. The summed E-state index contributed by atoms with van der Waals surface area (Å²) in [6, 6.07) is 0. The predicted molar refractivity (Wildman–Crippen MR) is 76.9 cm³/mol. The molecule has 5 nitrogen and oxygen atoms in total. The molecule has 106 valence electrons. The molecule has 1 aliphatic rings. The van der Waals surface area contributed by atoms with E-state index in [4.69, 9.17) is 4.74 Å². The Balaban J connectivity index is 2.27. The minimum atomic E-state index is -0.376. The number of halogens is 2. The van der Waals surface area contributed by atoms with Gasteiger partial charge in [-0.2, -0.15) is 0 Å². The van der Waals surface area contributed by atoms with Gasteiger partial charge in [0.25, 0.3) is 11.8 Å². The van der Waals surface area contributed by atoms with Gasteiger partial charge in [0, 0.05) is 12.3 Å². The average molecular weight is 397 g/mol. The van der Waals surface area contributed by atoms with Gasteiger partial charge >= 0.3 is 0 Å². The van der Waals surface area contributed by atoms with Gasteiger partial charge in [-0.1, -0.05) is 13.8 Å². The predicted octanol–water partition coefficient (Wildman–Crippen LogP) is 1.99. The summed E-state index contributed by atoms with van der Waals surface area (Å²) in [6.07, 6.45) is 0.352. The summed E-state index contributed by atoms with van der Waals surface area (Å²) in [7, 11) is 0. The van der Waals surface area contributed by atoms with Crippen LogP contribution in [0.5, 0.6) is 0 Å². The normalized spacial score (nSPS) is 15.9. The molecule has 0 fully saturated rings. The third-order valence-corrected chi connectivity index (χ3v) is 4.66. The van der Waals surface area contributed by atoms with Crippen LogP contribution in [0.15, 0.2) is 8.96 Å². The van der Waals surface area contributed by atoms with E-state index in [1.54, 1.807) is 0 Å². The smallest absolute Gasteiger partial charge is 0.269 e. The highest BCUT2D eigenvalue weighted by Crippen LogP contribution is 2.28. The zero-order valence-corrected chi connectivity index (χ0v) is 13.9. The van der Waals surface area contributed by atoms with Crippen LogP contribution in [0.3, 0.4) is 0 Å². The molecule has 1 aliphatic heterocycles. The van der Waals surface area contributed by atoms with Crippen molar-refractivity contribution < 1.29 is 19.1 Å². The average Bonchev–Trinajstić information content (AvgIpc) is 2.55. The molecular weight excluding hydrogens is 382 g/mol. The van der Waals surface area contributed by atoms with Crippen molar-refractivity contribution in [1.29, 1.82) is 0 Å². The Hall–Kier alpha value is -0.530. The lowest BCUT2D eigenvalue weighted by molar-refractivity contribution is -0.138. The molecule has 0 spiro atoms. The maximum Gasteiger partial charge on any atom is 0.269 e. The largest absolute Gasteiger partial charge is 0.379 e. The molecule has 0 saturated heterocycles. The number of rotatable bonds is 7. The highest BCUT2D eigenvalue weighted by atomic mass is 79.9. The monoisotopic (exact) mass is 395 g/mol. The Labute approximate surface area is 128 Å². The van der Waals surface area contributed by atoms with Crippen LogP contribution in [0.4, 0.5) is 0 Å². The van der Waals surface area contributed by atoms with Crippen LogP contribution in [0.25, 0.3) is 0 Å². The lowest BCUT2D eigenvalue weighted by Gasteiger charge is -2.14. The van der Waals surface area contributed by atoms with Gasteiger partial charge in [0.2, 0.25) is 0 Å². The number of hydrogen-bond acceptors (Lipinski definition) is 4. The number of carbonyl (C=O) groups excluding carboxylic acids is 3. The summed E-state index contributed by atoms with van der Waals surface area (Å²) < 4.78 is 5.73. The van der Waals surface area contributed by atoms with E-state index in [1.165, 1.54) is 0 Å². The third-order valence-electron chi connectivity index (χ3n) is 2.65. The molecule has 2 amide bonds. The van der Waals surface area contributed by atoms with E-state index in [0.717, 1.165) is 4.90 Å². The molecule has 19 heavy (non-hydrogen) atoms. The fraction of sp³-hybridized carbons (Fsp3) is 0.583.